The number of thiazole rings is 1. The second kappa shape index (κ2) is 7.04. The van der Waals surface area contributed by atoms with E-state index in [0.717, 1.165) is 59.0 Å². The smallest absolute Gasteiger partial charge is 0.250 e. The lowest BCUT2D eigenvalue weighted by Gasteiger charge is -2.34. The third-order valence-corrected chi connectivity index (χ3v) is 6.70. The fourth-order valence-corrected chi connectivity index (χ4v) is 5.04. The van der Waals surface area contributed by atoms with Crippen molar-refractivity contribution in [1.82, 2.24) is 14.5 Å². The number of anilines is 1. The predicted molar refractivity (Wildman–Crippen MR) is 116 cm³/mol. The molecule has 0 aliphatic carbocycles. The maximum absolute atomic E-state index is 11.9. The molecule has 1 saturated heterocycles. The number of aromatic nitrogens is 2. The number of hydrogen-bond acceptors (Lipinski definition) is 5. The summed E-state index contributed by atoms with van der Waals surface area (Å²) >= 11 is 1.73. The number of rotatable bonds is 3. The van der Waals surface area contributed by atoms with Gasteiger partial charge in [0.05, 0.1) is 15.7 Å². The van der Waals surface area contributed by atoms with Gasteiger partial charge in [-0.15, -0.1) is 0 Å². The third-order valence-electron chi connectivity index (χ3n) is 5.54. The summed E-state index contributed by atoms with van der Waals surface area (Å²) in [6, 6.07) is 18.3. The van der Waals surface area contributed by atoms with Crippen LogP contribution in [0, 0.1) is 0 Å². The van der Waals surface area contributed by atoms with Gasteiger partial charge in [0.1, 0.15) is 0 Å². The van der Waals surface area contributed by atoms with Crippen molar-refractivity contribution in [3.63, 3.8) is 0 Å². The molecular formula is C22H22N4OS. The van der Waals surface area contributed by atoms with Gasteiger partial charge in [-0.1, -0.05) is 41.7 Å². The molecule has 0 N–H and O–H groups in total. The second-order valence-corrected chi connectivity index (χ2v) is 8.30. The third kappa shape index (κ3) is 3.08. The molecule has 0 unspecified atom stereocenters. The van der Waals surface area contributed by atoms with Gasteiger partial charge >= 0.3 is 0 Å². The van der Waals surface area contributed by atoms with Crippen LogP contribution in [-0.2, 0) is 13.6 Å². The minimum absolute atomic E-state index is 0.0196. The second-order valence-electron chi connectivity index (χ2n) is 7.32. The minimum atomic E-state index is 0.0196. The van der Waals surface area contributed by atoms with E-state index in [2.05, 4.69) is 40.1 Å². The fraction of sp³-hybridized carbons (Fsp3) is 0.273. The summed E-state index contributed by atoms with van der Waals surface area (Å²) in [4.78, 5) is 21.7. The molecule has 4 aromatic rings. The molecule has 1 aliphatic rings. The molecule has 28 heavy (non-hydrogen) atoms. The summed E-state index contributed by atoms with van der Waals surface area (Å²) in [6.07, 6.45) is 0. The molecule has 142 valence electrons. The van der Waals surface area contributed by atoms with Crippen LogP contribution in [0.15, 0.2) is 59.4 Å². The van der Waals surface area contributed by atoms with Gasteiger partial charge in [0, 0.05) is 51.2 Å². The Morgan fingerprint density at radius 2 is 1.75 bits per heavy atom. The highest BCUT2D eigenvalue weighted by Crippen LogP contribution is 2.34. The van der Waals surface area contributed by atoms with Gasteiger partial charge in [-0.2, -0.15) is 0 Å². The van der Waals surface area contributed by atoms with E-state index in [9.17, 15) is 4.79 Å². The molecule has 0 bridgehead atoms. The van der Waals surface area contributed by atoms with E-state index in [4.69, 9.17) is 4.98 Å². The Bertz CT molecular complexity index is 1190. The van der Waals surface area contributed by atoms with Gasteiger partial charge in [-0.05, 0) is 23.8 Å². The first-order valence-corrected chi connectivity index (χ1v) is 10.4. The van der Waals surface area contributed by atoms with Crippen LogP contribution < -0.4 is 10.5 Å². The molecule has 0 amide bonds. The summed E-state index contributed by atoms with van der Waals surface area (Å²) in [5.41, 5.74) is 3.36. The minimum Gasteiger partial charge on any atom is -0.345 e. The molecule has 5 rings (SSSR count). The van der Waals surface area contributed by atoms with Crippen molar-refractivity contribution in [3.8, 4) is 0 Å². The summed E-state index contributed by atoms with van der Waals surface area (Å²) in [5.74, 6) is 0. The topological polar surface area (TPSA) is 41.4 Å². The molecule has 2 aromatic heterocycles. The lowest BCUT2D eigenvalue weighted by Crippen LogP contribution is -2.45. The average Bonchev–Trinajstić information content (AvgIpc) is 3.17. The number of piperazine rings is 1. The SMILES string of the molecule is Cn1c(=O)ccc2c3sc(N4CCN(Cc5ccccc5)CC4)nc3ccc21. The Labute approximate surface area is 167 Å². The molecular weight excluding hydrogens is 368 g/mol. The summed E-state index contributed by atoms with van der Waals surface area (Å²) in [6.45, 7) is 5.07. The highest BCUT2D eigenvalue weighted by Gasteiger charge is 2.20. The Kier molecular flexibility index (Phi) is 4.37. The number of benzene rings is 2. The molecule has 0 saturated carbocycles. The van der Waals surface area contributed by atoms with Gasteiger partial charge in [-0.3, -0.25) is 9.69 Å². The Morgan fingerprint density at radius 1 is 0.964 bits per heavy atom. The van der Waals surface area contributed by atoms with Crippen molar-refractivity contribution in [2.45, 2.75) is 6.54 Å². The zero-order valence-corrected chi connectivity index (χ0v) is 16.7. The van der Waals surface area contributed by atoms with Gasteiger partial charge in [0.2, 0.25) is 0 Å². The molecule has 5 nitrogen and oxygen atoms in total. The van der Waals surface area contributed by atoms with E-state index in [0.29, 0.717) is 0 Å². The van der Waals surface area contributed by atoms with Crippen LogP contribution in [0.1, 0.15) is 5.56 Å². The van der Waals surface area contributed by atoms with Crippen LogP contribution >= 0.6 is 11.3 Å². The van der Waals surface area contributed by atoms with Crippen LogP contribution in [-0.4, -0.2) is 40.6 Å². The standard InChI is InChI=1S/C22H22N4OS/c1-24-19-9-8-18-21(17(19)7-10-20(24)27)28-22(23-18)26-13-11-25(12-14-26)15-16-5-3-2-4-6-16/h2-10H,11-15H2,1H3. The lowest BCUT2D eigenvalue weighted by atomic mass is 10.2. The number of fused-ring (bicyclic) bond motifs is 3. The summed E-state index contributed by atoms with van der Waals surface area (Å²) < 4.78 is 2.87. The zero-order valence-electron chi connectivity index (χ0n) is 15.8. The van der Waals surface area contributed by atoms with Gasteiger partial charge in [0.15, 0.2) is 5.13 Å². The van der Waals surface area contributed by atoms with E-state index in [1.165, 1.54) is 5.56 Å². The summed E-state index contributed by atoms with van der Waals surface area (Å²) in [5, 5.41) is 2.18. The fourth-order valence-electron chi connectivity index (χ4n) is 3.90. The van der Waals surface area contributed by atoms with Gasteiger partial charge in [-0.25, -0.2) is 4.98 Å². The van der Waals surface area contributed by atoms with E-state index in [-0.39, 0.29) is 5.56 Å². The molecule has 3 heterocycles. The van der Waals surface area contributed by atoms with Crippen LogP contribution in [0.5, 0.6) is 0 Å². The maximum Gasteiger partial charge on any atom is 0.250 e. The number of pyridine rings is 1. The Morgan fingerprint density at radius 3 is 2.54 bits per heavy atom. The van der Waals surface area contributed by atoms with E-state index < -0.39 is 0 Å². The van der Waals surface area contributed by atoms with Crippen molar-refractivity contribution in [2.24, 2.45) is 7.05 Å². The van der Waals surface area contributed by atoms with E-state index >= 15 is 0 Å². The highest BCUT2D eigenvalue weighted by molar-refractivity contribution is 7.23. The summed E-state index contributed by atoms with van der Waals surface area (Å²) in [7, 11) is 1.82. The largest absolute Gasteiger partial charge is 0.345 e. The van der Waals surface area contributed by atoms with Crippen LogP contribution in [0.4, 0.5) is 5.13 Å². The first-order chi connectivity index (χ1) is 13.7. The normalized spacial score (nSPS) is 15.5. The number of aryl methyl sites for hydroxylation is 1. The van der Waals surface area contributed by atoms with Crippen molar-refractivity contribution >= 4 is 37.6 Å². The van der Waals surface area contributed by atoms with Crippen molar-refractivity contribution < 1.29 is 0 Å². The first-order valence-electron chi connectivity index (χ1n) is 9.59. The molecule has 2 aromatic carbocycles. The van der Waals surface area contributed by atoms with E-state index in [1.54, 1.807) is 22.0 Å². The number of nitrogens with zero attached hydrogens (tertiary/aromatic N) is 4. The molecule has 0 radical (unpaired) electrons. The Balaban J connectivity index is 1.38. The maximum atomic E-state index is 11.9. The highest BCUT2D eigenvalue weighted by atomic mass is 32.1. The van der Waals surface area contributed by atoms with Gasteiger partial charge < -0.3 is 9.47 Å². The number of hydrogen-bond donors (Lipinski definition) is 0. The van der Waals surface area contributed by atoms with Crippen molar-refractivity contribution in [3.05, 3.63) is 70.5 Å². The average molecular weight is 391 g/mol. The quantitative estimate of drug-likeness (QED) is 0.537. The molecule has 0 atom stereocenters. The van der Waals surface area contributed by atoms with Crippen molar-refractivity contribution in [2.75, 3.05) is 31.1 Å². The zero-order chi connectivity index (χ0) is 19.1. The molecule has 6 heteroatoms. The van der Waals surface area contributed by atoms with E-state index in [1.807, 2.05) is 25.2 Å². The molecule has 0 spiro atoms. The Hall–Kier alpha value is -2.70. The monoisotopic (exact) mass is 390 g/mol. The molecule has 1 aliphatic heterocycles. The lowest BCUT2D eigenvalue weighted by molar-refractivity contribution is 0.250. The van der Waals surface area contributed by atoms with Crippen LogP contribution in [0.3, 0.4) is 0 Å². The van der Waals surface area contributed by atoms with Gasteiger partial charge in [0.25, 0.3) is 5.56 Å². The first kappa shape index (κ1) is 17.4. The van der Waals surface area contributed by atoms with Crippen LogP contribution in [0.2, 0.25) is 0 Å². The predicted octanol–water partition coefficient (Wildman–Crippen LogP) is 3.47. The van der Waals surface area contributed by atoms with Crippen LogP contribution in [0.25, 0.3) is 21.1 Å². The molecule has 1 fully saturated rings. The van der Waals surface area contributed by atoms with Crippen molar-refractivity contribution in [1.29, 1.82) is 0 Å².